The standard InChI is InChI=1S/C51H65N4.Ir/c1-45(2,3)35-23-33(24-36(28-35)46(4,5)6)43-53-42(54-44(55-43)34-25-37(47(7,8)9)29-38(26-34)48(10,11)12)32-20-22-41(52-30-32)31-19-21-39-40(27-31)50(15,16)51(17,18)49(39,13)14;/h20-30H,1-18H3;/q-1;. The second kappa shape index (κ2) is 14.1. The molecule has 0 aliphatic heterocycles. The predicted octanol–water partition coefficient (Wildman–Crippen LogP) is 13.5. The van der Waals surface area contributed by atoms with Crippen molar-refractivity contribution in [2.75, 3.05) is 0 Å². The Morgan fingerprint density at radius 3 is 1.20 bits per heavy atom. The van der Waals surface area contributed by atoms with Crippen LogP contribution in [0.4, 0.5) is 0 Å². The van der Waals surface area contributed by atoms with Gasteiger partial charge in [-0.1, -0.05) is 149 Å². The molecule has 56 heavy (non-hydrogen) atoms. The van der Waals surface area contributed by atoms with Gasteiger partial charge in [0.1, 0.15) is 0 Å². The van der Waals surface area contributed by atoms with Crippen molar-refractivity contribution in [1.82, 2.24) is 19.9 Å². The molecule has 3 aromatic carbocycles. The van der Waals surface area contributed by atoms with Crippen LogP contribution >= 0.6 is 0 Å². The number of hydrogen-bond donors (Lipinski definition) is 0. The van der Waals surface area contributed by atoms with E-state index in [2.05, 4.69) is 191 Å². The Balaban J connectivity index is 0.00000600. The Hall–Kier alpha value is -3.53. The van der Waals surface area contributed by atoms with Crippen molar-refractivity contribution in [3.05, 3.63) is 106 Å². The number of rotatable bonds is 4. The molecule has 1 radical (unpaired) electrons. The summed E-state index contributed by atoms with van der Waals surface area (Å²) in [5.74, 6) is 1.94. The summed E-state index contributed by atoms with van der Waals surface area (Å²) in [6.07, 6.45) is 1.91. The van der Waals surface area contributed by atoms with E-state index in [0.29, 0.717) is 17.5 Å². The summed E-state index contributed by atoms with van der Waals surface area (Å²) in [6.45, 7) is 41.5. The summed E-state index contributed by atoms with van der Waals surface area (Å²) >= 11 is 0. The second-order valence-corrected chi connectivity index (χ2v) is 21.9. The van der Waals surface area contributed by atoms with Crippen molar-refractivity contribution in [3.63, 3.8) is 0 Å². The van der Waals surface area contributed by atoms with Crippen LogP contribution in [-0.4, -0.2) is 19.9 Å². The zero-order valence-electron chi connectivity index (χ0n) is 37.5. The van der Waals surface area contributed by atoms with Crippen LogP contribution in [0.1, 0.15) is 158 Å². The van der Waals surface area contributed by atoms with E-state index in [1.54, 1.807) is 0 Å². The number of fused-ring (bicyclic) bond motifs is 1. The van der Waals surface area contributed by atoms with Crippen molar-refractivity contribution in [2.24, 2.45) is 5.41 Å². The molecule has 5 aromatic rings. The minimum Gasteiger partial charge on any atom is -0.304 e. The molecule has 0 fully saturated rings. The minimum absolute atomic E-state index is 0. The van der Waals surface area contributed by atoms with E-state index in [0.717, 1.165) is 27.9 Å². The number of hydrogen-bond acceptors (Lipinski definition) is 4. The predicted molar refractivity (Wildman–Crippen MR) is 233 cm³/mol. The van der Waals surface area contributed by atoms with Crippen LogP contribution in [0.15, 0.2) is 66.9 Å². The average Bonchev–Trinajstić information content (AvgIpc) is 3.19. The number of pyridine rings is 1. The van der Waals surface area contributed by atoms with Crippen molar-refractivity contribution < 1.29 is 20.1 Å². The molecule has 2 aromatic heterocycles. The first kappa shape index (κ1) is 43.6. The Morgan fingerprint density at radius 1 is 0.464 bits per heavy atom. The fourth-order valence-electron chi connectivity index (χ4n) is 7.82. The molecule has 0 amide bonds. The molecule has 0 saturated heterocycles. The van der Waals surface area contributed by atoms with Crippen LogP contribution in [-0.2, 0) is 52.6 Å². The fourth-order valence-corrected chi connectivity index (χ4v) is 7.82. The molecule has 4 nitrogen and oxygen atoms in total. The molecule has 299 valence electrons. The normalized spacial score (nSPS) is 16.3. The molecule has 1 aliphatic carbocycles. The monoisotopic (exact) mass is 926 g/mol. The maximum Gasteiger partial charge on any atom is 0.165 e. The number of aromatic nitrogens is 4. The summed E-state index contributed by atoms with van der Waals surface area (Å²) in [4.78, 5) is 20.7. The molecule has 0 atom stereocenters. The zero-order valence-corrected chi connectivity index (χ0v) is 39.9. The van der Waals surface area contributed by atoms with Crippen LogP contribution in [0.2, 0.25) is 0 Å². The quantitative estimate of drug-likeness (QED) is 0.169. The minimum atomic E-state index is -0.0492. The van der Waals surface area contributed by atoms with E-state index in [1.807, 2.05) is 6.20 Å². The summed E-state index contributed by atoms with van der Waals surface area (Å²) < 4.78 is 0. The smallest absolute Gasteiger partial charge is 0.165 e. The average molecular weight is 926 g/mol. The van der Waals surface area contributed by atoms with Gasteiger partial charge in [0, 0.05) is 43.0 Å². The first-order chi connectivity index (χ1) is 25.0. The number of benzene rings is 3. The second-order valence-electron chi connectivity index (χ2n) is 21.9. The first-order valence-corrected chi connectivity index (χ1v) is 20.1. The molecule has 6 rings (SSSR count). The summed E-state index contributed by atoms with van der Waals surface area (Å²) in [5.41, 5.74) is 12.5. The van der Waals surface area contributed by atoms with Crippen molar-refractivity contribution >= 4 is 0 Å². The summed E-state index contributed by atoms with van der Waals surface area (Å²) in [6, 6.07) is 26.1. The van der Waals surface area contributed by atoms with Gasteiger partial charge in [-0.25, -0.2) is 15.0 Å². The van der Waals surface area contributed by atoms with Gasteiger partial charge in [-0.2, -0.15) is 0 Å². The Morgan fingerprint density at radius 2 is 0.839 bits per heavy atom. The van der Waals surface area contributed by atoms with Crippen molar-refractivity contribution in [2.45, 2.75) is 157 Å². The summed E-state index contributed by atoms with van der Waals surface area (Å²) in [7, 11) is 0. The van der Waals surface area contributed by atoms with Gasteiger partial charge in [0.25, 0.3) is 0 Å². The van der Waals surface area contributed by atoms with Crippen molar-refractivity contribution in [1.29, 1.82) is 0 Å². The number of nitrogens with zero attached hydrogens (tertiary/aromatic N) is 4. The van der Waals surface area contributed by atoms with Crippen molar-refractivity contribution in [3.8, 4) is 45.4 Å². The van der Waals surface area contributed by atoms with Gasteiger partial charge in [-0.15, -0.1) is 34.9 Å². The van der Waals surface area contributed by atoms with Gasteiger partial charge < -0.3 is 4.98 Å². The molecular formula is C51H65IrN4-. The molecule has 1 aliphatic rings. The maximum absolute atomic E-state index is 5.28. The Labute approximate surface area is 352 Å². The van der Waals surface area contributed by atoms with Gasteiger partial charge in [-0.3, -0.25) is 0 Å². The van der Waals surface area contributed by atoms with Gasteiger partial charge in [0.15, 0.2) is 17.5 Å². The Kier molecular flexibility index (Phi) is 11.0. The first-order valence-electron chi connectivity index (χ1n) is 20.1. The third-order valence-electron chi connectivity index (χ3n) is 13.2. The molecular weight excluding hydrogens is 861 g/mol. The fraction of sp³-hybridized carbons (Fsp3) is 0.490. The largest absolute Gasteiger partial charge is 0.304 e. The van der Waals surface area contributed by atoms with Gasteiger partial charge in [-0.05, 0) is 90.1 Å². The van der Waals surface area contributed by atoms with Gasteiger partial charge in [0.2, 0.25) is 0 Å². The van der Waals surface area contributed by atoms with E-state index in [9.17, 15) is 0 Å². The zero-order chi connectivity index (χ0) is 40.9. The van der Waals surface area contributed by atoms with E-state index < -0.39 is 0 Å². The van der Waals surface area contributed by atoms with Crippen LogP contribution in [0.25, 0.3) is 45.4 Å². The van der Waals surface area contributed by atoms with Crippen LogP contribution in [0.3, 0.4) is 0 Å². The van der Waals surface area contributed by atoms with E-state index >= 15 is 0 Å². The third kappa shape index (κ3) is 7.85. The SMILES string of the molecule is CC(C)(C)c1cc(-c2nc(-c3ccc(-c4[c-]cc5c(c4)C(C)(C)C(C)(C)C5(C)C)nc3)nc(-c3cc(C(C)(C)C)cc(C(C)(C)C)c3)n2)cc(C(C)(C)C)c1.[Ir]. The third-order valence-corrected chi connectivity index (χ3v) is 13.2. The maximum atomic E-state index is 5.28. The molecule has 0 saturated carbocycles. The molecule has 0 spiro atoms. The Bertz CT molecular complexity index is 2110. The molecule has 0 N–H and O–H groups in total. The summed E-state index contributed by atoms with van der Waals surface area (Å²) in [5, 5.41) is 0. The molecule has 0 unspecified atom stereocenters. The molecule has 5 heteroatoms. The van der Waals surface area contributed by atoms with Gasteiger partial charge in [0.05, 0.1) is 0 Å². The van der Waals surface area contributed by atoms with Crippen LogP contribution in [0.5, 0.6) is 0 Å². The van der Waals surface area contributed by atoms with Crippen LogP contribution < -0.4 is 0 Å². The van der Waals surface area contributed by atoms with Gasteiger partial charge >= 0.3 is 0 Å². The van der Waals surface area contributed by atoms with E-state index in [-0.39, 0.29) is 58.0 Å². The molecule has 2 heterocycles. The van der Waals surface area contributed by atoms with Crippen LogP contribution in [0, 0.1) is 11.5 Å². The van der Waals surface area contributed by atoms with E-state index in [4.69, 9.17) is 19.9 Å². The van der Waals surface area contributed by atoms with E-state index in [1.165, 1.54) is 33.4 Å². The molecule has 0 bridgehead atoms. The topological polar surface area (TPSA) is 51.6 Å².